The van der Waals surface area contributed by atoms with Crippen LogP contribution in [0.25, 0.3) is 5.76 Å². The van der Waals surface area contributed by atoms with Gasteiger partial charge in [-0.05, 0) is 41.5 Å². The number of hydrogen-bond acceptors (Lipinski definition) is 4. The number of aliphatic hydroxyl groups excluding tert-OH is 1. The van der Waals surface area contributed by atoms with E-state index in [1.807, 2.05) is 44.2 Å². The van der Waals surface area contributed by atoms with Gasteiger partial charge < -0.3 is 14.7 Å². The van der Waals surface area contributed by atoms with Crippen LogP contribution in [0.15, 0.2) is 54.1 Å². The Hall–Kier alpha value is -3.08. The first kappa shape index (κ1) is 24.6. The van der Waals surface area contributed by atoms with Crippen LogP contribution in [0.1, 0.15) is 76.6 Å². The second-order valence-corrected chi connectivity index (χ2v) is 9.59. The molecule has 1 fully saturated rings. The molecule has 33 heavy (non-hydrogen) atoms. The molecule has 2 aromatic rings. The van der Waals surface area contributed by atoms with Gasteiger partial charge in [0.25, 0.3) is 11.7 Å². The molecule has 0 aromatic heterocycles. The number of hydrogen-bond donors (Lipinski definition) is 1. The Morgan fingerprint density at radius 2 is 1.73 bits per heavy atom. The van der Waals surface area contributed by atoms with E-state index < -0.39 is 17.7 Å². The second-order valence-electron chi connectivity index (χ2n) is 9.59. The lowest BCUT2D eigenvalue weighted by Crippen LogP contribution is -2.30. The maximum atomic E-state index is 13.1. The number of Topliss-reactive ketones (excluding diaryl/α,β-unsaturated/α-hetero) is 1. The SMILES string of the molecule is CCCCN1C(=O)C(=O)/C(=C(\O)c2cccc(OCCC)c2)C1c1ccc(C(C)(C)C)cc1. The number of aliphatic hydroxyl groups is 1. The quantitative estimate of drug-likeness (QED) is 0.305. The van der Waals surface area contributed by atoms with Gasteiger partial charge in [-0.1, -0.05) is 77.4 Å². The van der Waals surface area contributed by atoms with E-state index in [0.29, 0.717) is 24.5 Å². The number of ether oxygens (including phenoxy) is 1. The monoisotopic (exact) mass is 449 g/mol. The molecule has 1 aliphatic rings. The summed E-state index contributed by atoms with van der Waals surface area (Å²) in [6, 6.07) is 14.4. The molecule has 1 heterocycles. The molecule has 1 aliphatic heterocycles. The largest absolute Gasteiger partial charge is 0.507 e. The highest BCUT2D eigenvalue weighted by molar-refractivity contribution is 6.46. The Labute approximate surface area is 197 Å². The molecular formula is C28H35NO4. The van der Waals surface area contributed by atoms with Crippen LogP contribution < -0.4 is 4.74 Å². The molecule has 0 radical (unpaired) electrons. The van der Waals surface area contributed by atoms with Gasteiger partial charge in [0.1, 0.15) is 11.5 Å². The van der Waals surface area contributed by atoms with Crippen molar-refractivity contribution in [1.29, 1.82) is 0 Å². The van der Waals surface area contributed by atoms with Crippen molar-refractivity contribution in [2.75, 3.05) is 13.2 Å². The van der Waals surface area contributed by atoms with Crippen molar-refractivity contribution in [1.82, 2.24) is 4.90 Å². The average Bonchev–Trinajstić information content (AvgIpc) is 3.05. The highest BCUT2D eigenvalue weighted by atomic mass is 16.5. The first-order valence-corrected chi connectivity index (χ1v) is 11.8. The van der Waals surface area contributed by atoms with Crippen LogP contribution in [0, 0.1) is 0 Å². The summed E-state index contributed by atoms with van der Waals surface area (Å²) in [7, 11) is 0. The van der Waals surface area contributed by atoms with Gasteiger partial charge in [-0.2, -0.15) is 0 Å². The van der Waals surface area contributed by atoms with Crippen LogP contribution in [0.4, 0.5) is 0 Å². The van der Waals surface area contributed by atoms with Gasteiger partial charge >= 0.3 is 0 Å². The third-order valence-electron chi connectivity index (χ3n) is 5.97. The number of carbonyl (C=O) groups is 2. The topological polar surface area (TPSA) is 66.8 Å². The first-order valence-electron chi connectivity index (χ1n) is 11.8. The molecule has 0 spiro atoms. The summed E-state index contributed by atoms with van der Waals surface area (Å²) in [5.41, 5.74) is 2.57. The Morgan fingerprint density at radius 1 is 1.03 bits per heavy atom. The van der Waals surface area contributed by atoms with Crippen LogP contribution in [0.3, 0.4) is 0 Å². The van der Waals surface area contributed by atoms with Crippen molar-refractivity contribution in [2.24, 2.45) is 0 Å². The predicted octanol–water partition coefficient (Wildman–Crippen LogP) is 5.99. The number of nitrogens with zero attached hydrogens (tertiary/aromatic N) is 1. The first-order chi connectivity index (χ1) is 15.7. The van der Waals surface area contributed by atoms with E-state index in [1.54, 1.807) is 23.1 Å². The lowest BCUT2D eigenvalue weighted by molar-refractivity contribution is -0.139. The van der Waals surface area contributed by atoms with Crippen LogP contribution in [-0.4, -0.2) is 34.8 Å². The summed E-state index contributed by atoms with van der Waals surface area (Å²) in [6.45, 7) is 11.5. The molecule has 176 valence electrons. The summed E-state index contributed by atoms with van der Waals surface area (Å²) in [6.07, 6.45) is 2.54. The molecule has 0 bridgehead atoms. The lowest BCUT2D eigenvalue weighted by Gasteiger charge is -2.26. The van der Waals surface area contributed by atoms with E-state index in [2.05, 4.69) is 20.8 Å². The molecule has 5 nitrogen and oxygen atoms in total. The van der Waals surface area contributed by atoms with Gasteiger partial charge in [-0.3, -0.25) is 9.59 Å². The highest BCUT2D eigenvalue weighted by Gasteiger charge is 2.45. The number of ketones is 1. The Bertz CT molecular complexity index is 1030. The zero-order valence-electron chi connectivity index (χ0n) is 20.4. The highest BCUT2D eigenvalue weighted by Crippen LogP contribution is 2.40. The Morgan fingerprint density at radius 3 is 2.33 bits per heavy atom. The van der Waals surface area contributed by atoms with Gasteiger partial charge in [-0.15, -0.1) is 0 Å². The minimum atomic E-state index is -0.645. The molecule has 1 amide bonds. The molecule has 1 unspecified atom stereocenters. The number of likely N-dealkylation sites (tertiary alicyclic amines) is 1. The molecule has 5 heteroatoms. The summed E-state index contributed by atoms with van der Waals surface area (Å²) in [5, 5.41) is 11.2. The molecular weight excluding hydrogens is 414 g/mol. The van der Waals surface area contributed by atoms with Gasteiger partial charge in [0, 0.05) is 12.1 Å². The van der Waals surface area contributed by atoms with Crippen LogP contribution in [-0.2, 0) is 15.0 Å². The van der Waals surface area contributed by atoms with E-state index in [-0.39, 0.29) is 16.7 Å². The molecule has 1 atom stereocenters. The number of amides is 1. The fourth-order valence-electron chi connectivity index (χ4n) is 4.06. The van der Waals surface area contributed by atoms with Crippen molar-refractivity contribution >= 4 is 17.4 Å². The zero-order chi connectivity index (χ0) is 24.2. The normalized spacial score (nSPS) is 18.1. The molecule has 1 N–H and O–H groups in total. The van der Waals surface area contributed by atoms with Crippen molar-refractivity contribution in [3.8, 4) is 5.75 Å². The summed E-state index contributed by atoms with van der Waals surface area (Å²) in [5.74, 6) is -0.756. The van der Waals surface area contributed by atoms with Crippen LogP contribution in [0.2, 0.25) is 0 Å². The minimum absolute atomic E-state index is 0.0124. The van der Waals surface area contributed by atoms with Gasteiger partial charge in [0.2, 0.25) is 0 Å². The van der Waals surface area contributed by atoms with Gasteiger partial charge in [0.05, 0.1) is 18.2 Å². The van der Waals surface area contributed by atoms with Gasteiger partial charge in [0.15, 0.2) is 0 Å². The Kier molecular flexibility index (Phi) is 7.62. The minimum Gasteiger partial charge on any atom is -0.507 e. The fourth-order valence-corrected chi connectivity index (χ4v) is 4.06. The number of rotatable bonds is 8. The lowest BCUT2D eigenvalue weighted by atomic mass is 9.85. The predicted molar refractivity (Wildman–Crippen MR) is 131 cm³/mol. The van der Waals surface area contributed by atoms with E-state index in [0.717, 1.165) is 30.4 Å². The average molecular weight is 450 g/mol. The summed E-state index contributed by atoms with van der Waals surface area (Å²) >= 11 is 0. The fraction of sp³-hybridized carbons (Fsp3) is 0.429. The summed E-state index contributed by atoms with van der Waals surface area (Å²) < 4.78 is 5.69. The number of carbonyl (C=O) groups excluding carboxylic acids is 2. The Balaban J connectivity index is 2.10. The molecule has 2 aromatic carbocycles. The summed E-state index contributed by atoms with van der Waals surface area (Å²) in [4.78, 5) is 27.7. The molecule has 3 rings (SSSR count). The van der Waals surface area contributed by atoms with Crippen LogP contribution in [0.5, 0.6) is 5.75 Å². The second kappa shape index (κ2) is 10.2. The van der Waals surface area contributed by atoms with E-state index in [9.17, 15) is 14.7 Å². The third kappa shape index (κ3) is 5.29. The molecule has 0 aliphatic carbocycles. The molecule has 0 saturated carbocycles. The third-order valence-corrected chi connectivity index (χ3v) is 5.97. The standard InChI is InChI=1S/C28H35NO4/c1-6-8-16-29-24(19-12-14-21(15-13-19)28(3,4)5)23(26(31)27(29)32)25(30)20-10-9-11-22(18-20)33-17-7-2/h9-15,18,24,30H,6-8,16-17H2,1-5H3/b25-23-. The number of benzene rings is 2. The van der Waals surface area contributed by atoms with Crippen molar-refractivity contribution in [3.63, 3.8) is 0 Å². The smallest absolute Gasteiger partial charge is 0.295 e. The van der Waals surface area contributed by atoms with E-state index in [1.165, 1.54) is 0 Å². The van der Waals surface area contributed by atoms with Crippen molar-refractivity contribution in [3.05, 3.63) is 70.8 Å². The maximum absolute atomic E-state index is 13.1. The maximum Gasteiger partial charge on any atom is 0.295 e. The van der Waals surface area contributed by atoms with Crippen molar-refractivity contribution < 1.29 is 19.4 Å². The zero-order valence-corrected chi connectivity index (χ0v) is 20.4. The van der Waals surface area contributed by atoms with Crippen molar-refractivity contribution in [2.45, 2.75) is 65.3 Å². The van der Waals surface area contributed by atoms with Gasteiger partial charge in [-0.25, -0.2) is 0 Å². The van der Waals surface area contributed by atoms with E-state index >= 15 is 0 Å². The molecule has 1 saturated heterocycles. The number of unbranched alkanes of at least 4 members (excludes halogenated alkanes) is 1. The van der Waals surface area contributed by atoms with E-state index in [4.69, 9.17) is 4.74 Å². The van der Waals surface area contributed by atoms with Crippen LogP contribution >= 0.6 is 0 Å².